The van der Waals surface area contributed by atoms with Gasteiger partial charge in [-0.3, -0.25) is 0 Å². The average molecular weight is 604 g/mol. The van der Waals surface area contributed by atoms with Gasteiger partial charge in [-0.1, -0.05) is 170 Å². The van der Waals surface area contributed by atoms with Crippen molar-refractivity contribution in [2.24, 2.45) is 0 Å². The minimum Gasteiger partial charge on any atom is -0.310 e. The van der Waals surface area contributed by atoms with Crippen molar-refractivity contribution in [3.8, 4) is 44.5 Å². The molecule has 0 aliphatic carbocycles. The molecule has 0 radical (unpaired) electrons. The van der Waals surface area contributed by atoms with Crippen LogP contribution in [0.25, 0.3) is 55.3 Å². The summed E-state index contributed by atoms with van der Waals surface area (Å²) in [5.74, 6) is 0. The standard InChI is InChI=1S/C46H33N/c1-4-14-34(15-5-1)35-24-29-40(30-25-35)47(45-23-13-12-21-42(45)36-16-6-2-7-17-36)41-31-26-39(27-32-41)46-43-22-11-10-20-38(43)28-33-44(46)37-18-8-3-9-19-37/h1-33H/i24D,25D,29D,30D. The van der Waals surface area contributed by atoms with Crippen LogP contribution in [0.3, 0.4) is 0 Å². The van der Waals surface area contributed by atoms with Gasteiger partial charge in [0.05, 0.1) is 11.2 Å². The van der Waals surface area contributed by atoms with Crippen molar-refractivity contribution in [1.29, 1.82) is 0 Å². The number of fused-ring (bicyclic) bond motifs is 1. The van der Waals surface area contributed by atoms with Crippen molar-refractivity contribution in [2.45, 2.75) is 0 Å². The maximum atomic E-state index is 9.39. The molecule has 0 heterocycles. The van der Waals surface area contributed by atoms with E-state index in [9.17, 15) is 2.74 Å². The molecule has 0 atom stereocenters. The lowest BCUT2D eigenvalue weighted by Gasteiger charge is -2.28. The van der Waals surface area contributed by atoms with Crippen LogP contribution in [0.1, 0.15) is 5.48 Å². The lowest BCUT2D eigenvalue weighted by molar-refractivity contribution is 1.28. The van der Waals surface area contributed by atoms with Gasteiger partial charge in [-0.2, -0.15) is 0 Å². The Kier molecular flexibility index (Phi) is 6.50. The molecule has 47 heavy (non-hydrogen) atoms. The van der Waals surface area contributed by atoms with E-state index >= 15 is 0 Å². The van der Waals surface area contributed by atoms with E-state index in [1.165, 1.54) is 0 Å². The highest BCUT2D eigenvalue weighted by Gasteiger charge is 2.18. The largest absolute Gasteiger partial charge is 0.310 e. The predicted molar refractivity (Wildman–Crippen MR) is 200 cm³/mol. The summed E-state index contributed by atoms with van der Waals surface area (Å²) in [5, 5.41) is 2.30. The van der Waals surface area contributed by atoms with Gasteiger partial charge < -0.3 is 4.90 Å². The molecule has 1 heteroatoms. The highest BCUT2D eigenvalue weighted by molar-refractivity contribution is 6.04. The lowest BCUT2D eigenvalue weighted by Crippen LogP contribution is -2.11. The molecular formula is C46H33N. The zero-order valence-electron chi connectivity index (χ0n) is 29.7. The molecule has 0 fully saturated rings. The Labute approximate surface area is 282 Å². The second kappa shape index (κ2) is 12.7. The van der Waals surface area contributed by atoms with Crippen LogP contribution in [0.5, 0.6) is 0 Å². The van der Waals surface area contributed by atoms with E-state index in [4.69, 9.17) is 2.74 Å². The summed E-state index contributed by atoms with van der Waals surface area (Å²) < 4.78 is 37.1. The minimum absolute atomic E-state index is 0.0840. The van der Waals surface area contributed by atoms with E-state index in [2.05, 4.69) is 72.8 Å². The van der Waals surface area contributed by atoms with Gasteiger partial charge in [-0.25, -0.2) is 0 Å². The highest BCUT2D eigenvalue weighted by Crippen LogP contribution is 2.43. The molecule has 0 aromatic heterocycles. The van der Waals surface area contributed by atoms with Crippen LogP contribution in [-0.4, -0.2) is 0 Å². The van der Waals surface area contributed by atoms with E-state index in [1.54, 1.807) is 0 Å². The summed E-state index contributed by atoms with van der Waals surface area (Å²) in [4.78, 5) is 1.88. The molecule has 0 saturated heterocycles. The Balaban J connectivity index is 1.36. The average Bonchev–Trinajstić information content (AvgIpc) is 3.20. The van der Waals surface area contributed by atoms with Crippen LogP contribution in [0.2, 0.25) is 0 Å². The van der Waals surface area contributed by atoms with Crippen molar-refractivity contribution in [1.82, 2.24) is 0 Å². The van der Waals surface area contributed by atoms with E-state index < -0.39 is 0 Å². The highest BCUT2D eigenvalue weighted by atomic mass is 15.1. The Morgan fingerprint density at radius 3 is 1.57 bits per heavy atom. The third kappa shape index (κ3) is 5.60. The van der Waals surface area contributed by atoms with Gasteiger partial charge in [0, 0.05) is 16.9 Å². The molecule has 0 amide bonds. The van der Waals surface area contributed by atoms with E-state index in [0.29, 0.717) is 5.56 Å². The number of hydrogen-bond donors (Lipinski definition) is 0. The molecule has 0 spiro atoms. The molecule has 0 N–H and O–H groups in total. The van der Waals surface area contributed by atoms with Crippen LogP contribution in [0.15, 0.2) is 200 Å². The van der Waals surface area contributed by atoms with Gasteiger partial charge in [0.2, 0.25) is 0 Å². The summed E-state index contributed by atoms with van der Waals surface area (Å²) in [5.41, 5.74) is 8.89. The van der Waals surface area contributed by atoms with E-state index in [0.717, 1.165) is 55.5 Å². The quantitative estimate of drug-likeness (QED) is 0.175. The molecule has 8 aromatic carbocycles. The first-order valence-electron chi connectivity index (χ1n) is 17.8. The minimum atomic E-state index is -0.109. The Hall–Kier alpha value is -6.18. The van der Waals surface area contributed by atoms with Crippen molar-refractivity contribution >= 4 is 27.8 Å². The number of hydrogen-bond acceptors (Lipinski definition) is 1. The van der Waals surface area contributed by atoms with Gasteiger partial charge in [0.25, 0.3) is 0 Å². The fourth-order valence-corrected chi connectivity index (χ4v) is 6.30. The number of anilines is 3. The molecule has 0 unspecified atom stereocenters. The smallest absolute Gasteiger partial charge is 0.0645 e. The van der Waals surface area contributed by atoms with E-state index in [1.807, 2.05) is 108 Å². The first-order valence-corrected chi connectivity index (χ1v) is 15.8. The zero-order chi connectivity index (χ0) is 34.9. The first kappa shape index (κ1) is 24.1. The van der Waals surface area contributed by atoms with Gasteiger partial charge in [0.15, 0.2) is 0 Å². The van der Waals surface area contributed by atoms with E-state index in [-0.39, 0.29) is 35.4 Å². The van der Waals surface area contributed by atoms with Gasteiger partial charge >= 0.3 is 0 Å². The van der Waals surface area contributed by atoms with Gasteiger partial charge in [-0.05, 0) is 80.0 Å². The second-order valence-corrected chi connectivity index (χ2v) is 11.4. The monoisotopic (exact) mass is 603 g/mol. The van der Waals surface area contributed by atoms with Gasteiger partial charge in [0.1, 0.15) is 0 Å². The molecular weight excluding hydrogens is 567 g/mol. The molecule has 8 aromatic rings. The summed E-state index contributed by atoms with van der Waals surface area (Å²) in [6.45, 7) is 0. The van der Waals surface area contributed by atoms with Crippen LogP contribution < -0.4 is 4.90 Å². The molecule has 0 aliphatic rings. The summed E-state index contributed by atoms with van der Waals surface area (Å²) >= 11 is 0. The fourth-order valence-electron chi connectivity index (χ4n) is 6.30. The maximum absolute atomic E-state index is 9.39. The molecule has 0 saturated carbocycles. The molecule has 8 rings (SSSR count). The number of benzene rings is 8. The lowest BCUT2D eigenvalue weighted by atomic mass is 9.89. The van der Waals surface area contributed by atoms with Crippen molar-refractivity contribution in [3.63, 3.8) is 0 Å². The Bertz CT molecular complexity index is 2470. The topological polar surface area (TPSA) is 3.24 Å². The van der Waals surface area contributed by atoms with Crippen molar-refractivity contribution < 1.29 is 5.48 Å². The summed E-state index contributed by atoms with van der Waals surface area (Å²) in [6.07, 6.45) is 0. The SMILES string of the molecule is [2H]c1c([2H])c(N(c2ccc(-c3c(-c4ccccc4)ccc4ccccc34)cc2)c2ccccc2-c2ccccc2)c([2H])c([2H])c1-c1ccccc1. The molecule has 222 valence electrons. The van der Waals surface area contributed by atoms with Gasteiger partial charge in [-0.15, -0.1) is 0 Å². The second-order valence-electron chi connectivity index (χ2n) is 11.4. The molecule has 0 aliphatic heterocycles. The van der Waals surface area contributed by atoms with Crippen LogP contribution in [-0.2, 0) is 0 Å². The van der Waals surface area contributed by atoms with Crippen molar-refractivity contribution in [3.05, 3.63) is 200 Å². The third-order valence-electron chi connectivity index (χ3n) is 8.56. The molecule has 0 bridgehead atoms. The summed E-state index contributed by atoms with van der Waals surface area (Å²) in [7, 11) is 0. The predicted octanol–water partition coefficient (Wildman–Crippen LogP) is 13.0. The fraction of sp³-hybridized carbons (Fsp3) is 0. The zero-order valence-corrected chi connectivity index (χ0v) is 25.7. The molecule has 1 nitrogen and oxygen atoms in total. The Morgan fingerprint density at radius 2 is 0.894 bits per heavy atom. The van der Waals surface area contributed by atoms with Crippen LogP contribution in [0, 0.1) is 0 Å². The summed E-state index contributed by atoms with van der Waals surface area (Å²) in [6, 6.07) is 58.2. The van der Waals surface area contributed by atoms with Crippen LogP contribution >= 0.6 is 0 Å². The van der Waals surface area contributed by atoms with Crippen LogP contribution in [0.4, 0.5) is 17.1 Å². The third-order valence-corrected chi connectivity index (χ3v) is 8.56. The van der Waals surface area contributed by atoms with Crippen molar-refractivity contribution in [2.75, 3.05) is 4.90 Å². The number of rotatable bonds is 7. The first-order chi connectivity index (χ1) is 25.0. The number of nitrogens with zero attached hydrogens (tertiary/aromatic N) is 1. The Morgan fingerprint density at radius 1 is 0.340 bits per heavy atom. The number of para-hydroxylation sites is 1. The maximum Gasteiger partial charge on any atom is 0.0645 e. The normalized spacial score (nSPS) is 12.2.